The highest BCUT2D eigenvalue weighted by Crippen LogP contribution is 2.17. The van der Waals surface area contributed by atoms with E-state index in [1.807, 2.05) is 0 Å². The highest BCUT2D eigenvalue weighted by Gasteiger charge is 2.24. The number of nitrogens with one attached hydrogen (secondary N) is 1. The molecule has 0 aliphatic rings. The number of carbonyl (C=O) groups is 2. The fourth-order valence-corrected chi connectivity index (χ4v) is 7.55. The Balaban J connectivity index is 4.63. The van der Waals surface area contributed by atoms with Gasteiger partial charge < -0.3 is 20.3 Å². The van der Waals surface area contributed by atoms with E-state index in [2.05, 4.69) is 74.7 Å². The molecule has 0 fully saturated rings. The van der Waals surface area contributed by atoms with E-state index in [1.165, 1.54) is 122 Å². The molecule has 3 atom stereocenters. The van der Waals surface area contributed by atoms with Gasteiger partial charge in [-0.1, -0.05) is 217 Å². The summed E-state index contributed by atoms with van der Waals surface area (Å²) in [5.41, 5.74) is 0. The van der Waals surface area contributed by atoms with Gasteiger partial charge >= 0.3 is 5.97 Å². The second kappa shape index (κ2) is 46.9. The Hall–Kier alpha value is -2.18. The third-order valence-electron chi connectivity index (χ3n) is 11.4. The molecule has 0 aromatic heterocycles. The second-order valence-electron chi connectivity index (χ2n) is 17.3. The Kier molecular flexibility index (Phi) is 45.1. The van der Waals surface area contributed by atoms with Crippen molar-refractivity contribution in [2.24, 2.45) is 0 Å². The van der Waals surface area contributed by atoms with Gasteiger partial charge in [0.25, 0.3) is 0 Å². The molecule has 0 heterocycles. The molecule has 0 aliphatic heterocycles. The van der Waals surface area contributed by atoms with Gasteiger partial charge in [-0.2, -0.15) is 0 Å². The number of ether oxygens (including phenoxy) is 1. The average Bonchev–Trinajstić information content (AvgIpc) is 3.23. The summed E-state index contributed by atoms with van der Waals surface area (Å²) in [6.07, 6.45) is 56.0. The molecule has 0 saturated carbocycles. The van der Waals surface area contributed by atoms with Crippen LogP contribution in [0.25, 0.3) is 0 Å². The van der Waals surface area contributed by atoms with E-state index in [1.54, 1.807) is 0 Å². The molecule has 3 unspecified atom stereocenters. The summed E-state index contributed by atoms with van der Waals surface area (Å²) >= 11 is 0. The lowest BCUT2D eigenvalue weighted by atomic mass is 10.0. The number of unbranched alkanes of at least 4 members (excludes halogenated alkanes) is 27. The number of aliphatic hydroxyl groups is 2. The normalized spacial score (nSPS) is 13.6. The van der Waals surface area contributed by atoms with Crippen LogP contribution in [0.2, 0.25) is 0 Å². The summed E-state index contributed by atoms with van der Waals surface area (Å²) in [7, 11) is 0. The molecule has 1 amide bonds. The number of allylic oxidation sites excluding steroid dienone is 8. The number of esters is 1. The third-order valence-corrected chi connectivity index (χ3v) is 11.4. The summed E-state index contributed by atoms with van der Waals surface area (Å²) in [5, 5.41) is 23.7. The van der Waals surface area contributed by atoms with E-state index in [0.29, 0.717) is 19.3 Å². The van der Waals surface area contributed by atoms with E-state index >= 15 is 0 Å². The number of carbonyl (C=O) groups excluding carboxylic acids is 2. The second-order valence-corrected chi connectivity index (χ2v) is 17.3. The lowest BCUT2D eigenvalue weighted by Crippen LogP contribution is -2.46. The molecule has 59 heavy (non-hydrogen) atoms. The van der Waals surface area contributed by atoms with Crippen molar-refractivity contribution in [2.45, 2.75) is 270 Å². The van der Waals surface area contributed by atoms with Crippen LogP contribution in [-0.2, 0) is 14.3 Å². The predicted octanol–water partition coefficient (Wildman–Crippen LogP) is 15.1. The zero-order valence-corrected chi connectivity index (χ0v) is 39.1. The van der Waals surface area contributed by atoms with E-state index in [4.69, 9.17) is 4.74 Å². The molecule has 0 spiro atoms. The number of amides is 1. The molecular weight excluding hydrogens is 731 g/mol. The Morgan fingerprint density at radius 3 is 1.42 bits per heavy atom. The number of rotatable bonds is 45. The molecule has 0 aromatic carbocycles. The molecule has 6 heteroatoms. The Morgan fingerprint density at radius 2 is 0.915 bits per heavy atom. The fourth-order valence-electron chi connectivity index (χ4n) is 7.55. The van der Waals surface area contributed by atoms with Gasteiger partial charge in [-0.25, -0.2) is 0 Å². The zero-order chi connectivity index (χ0) is 43.1. The summed E-state index contributed by atoms with van der Waals surface area (Å²) < 4.78 is 5.90. The average molecular weight is 828 g/mol. The van der Waals surface area contributed by atoms with Crippen LogP contribution in [0.1, 0.15) is 252 Å². The van der Waals surface area contributed by atoms with Crippen molar-refractivity contribution in [1.29, 1.82) is 0 Å². The monoisotopic (exact) mass is 828 g/mol. The SMILES string of the molecule is CCC/C=C\CCCCCCCC(=O)OC(CCCCC/C=C/C=C/C=C/CCCCCCC)CC(=O)NC(CO)C(O)CCCCCCCCCCCCCCCC. The van der Waals surface area contributed by atoms with Crippen molar-refractivity contribution in [3.8, 4) is 0 Å². The minimum absolute atomic E-state index is 0.0519. The van der Waals surface area contributed by atoms with Crippen LogP contribution in [0.3, 0.4) is 0 Å². The summed E-state index contributed by atoms with van der Waals surface area (Å²) in [6, 6.07) is -0.713. The van der Waals surface area contributed by atoms with Crippen LogP contribution in [0.5, 0.6) is 0 Å². The van der Waals surface area contributed by atoms with Gasteiger partial charge in [0.1, 0.15) is 6.10 Å². The van der Waals surface area contributed by atoms with Crippen molar-refractivity contribution >= 4 is 11.9 Å². The van der Waals surface area contributed by atoms with Crippen LogP contribution in [-0.4, -0.2) is 46.9 Å². The first kappa shape index (κ1) is 56.8. The molecule has 6 nitrogen and oxygen atoms in total. The maximum absolute atomic E-state index is 13.2. The summed E-state index contributed by atoms with van der Waals surface area (Å²) in [6.45, 7) is 6.40. The van der Waals surface area contributed by atoms with Crippen LogP contribution < -0.4 is 5.32 Å². The number of hydrogen-bond acceptors (Lipinski definition) is 5. The molecular formula is C53H97NO5. The van der Waals surface area contributed by atoms with Crippen molar-refractivity contribution in [3.63, 3.8) is 0 Å². The summed E-state index contributed by atoms with van der Waals surface area (Å²) in [5.74, 6) is -0.516. The van der Waals surface area contributed by atoms with Gasteiger partial charge in [0.15, 0.2) is 0 Å². The Bertz CT molecular complexity index is 1020. The highest BCUT2D eigenvalue weighted by molar-refractivity contribution is 5.77. The van der Waals surface area contributed by atoms with Gasteiger partial charge in [0.05, 0.1) is 25.2 Å². The minimum atomic E-state index is -0.797. The fraction of sp³-hybridized carbons (Fsp3) is 0.811. The standard InChI is InChI=1S/C53H97NO5/c1-4-7-10-13-16-19-22-24-26-27-28-30-32-35-38-41-44-49(59-53(58)46-43-40-37-34-21-18-15-12-9-6-3)47-52(57)54-50(48-55)51(56)45-42-39-36-33-31-29-25-23-20-17-14-11-8-5-2/h12,15,22,24,26-28,30,49-51,55-56H,4-11,13-14,16-21,23,25,29,31-48H2,1-3H3,(H,54,57)/b15-12-,24-22+,27-26+,30-28+. The van der Waals surface area contributed by atoms with Crippen molar-refractivity contribution in [3.05, 3.63) is 48.6 Å². The van der Waals surface area contributed by atoms with Crippen LogP contribution in [0.4, 0.5) is 0 Å². The first-order valence-electron chi connectivity index (χ1n) is 25.4. The largest absolute Gasteiger partial charge is 0.462 e. The van der Waals surface area contributed by atoms with E-state index in [9.17, 15) is 19.8 Å². The van der Waals surface area contributed by atoms with E-state index in [0.717, 1.165) is 83.5 Å². The maximum Gasteiger partial charge on any atom is 0.306 e. The molecule has 344 valence electrons. The first-order chi connectivity index (χ1) is 29.0. The number of aliphatic hydroxyl groups excluding tert-OH is 2. The lowest BCUT2D eigenvalue weighted by Gasteiger charge is -2.24. The van der Waals surface area contributed by atoms with Crippen molar-refractivity contribution < 1.29 is 24.5 Å². The van der Waals surface area contributed by atoms with Gasteiger partial charge in [-0.05, 0) is 70.6 Å². The van der Waals surface area contributed by atoms with Crippen LogP contribution in [0, 0.1) is 0 Å². The quantitative estimate of drug-likeness (QED) is 0.0246. The zero-order valence-electron chi connectivity index (χ0n) is 39.1. The molecule has 0 radical (unpaired) electrons. The van der Waals surface area contributed by atoms with Gasteiger partial charge in [-0.3, -0.25) is 9.59 Å². The molecule has 3 N–H and O–H groups in total. The van der Waals surface area contributed by atoms with Gasteiger partial charge in [0, 0.05) is 6.42 Å². The molecule has 0 aliphatic carbocycles. The number of hydrogen-bond donors (Lipinski definition) is 3. The topological polar surface area (TPSA) is 95.9 Å². The minimum Gasteiger partial charge on any atom is -0.462 e. The van der Waals surface area contributed by atoms with Gasteiger partial charge in [-0.15, -0.1) is 0 Å². The molecule has 0 rings (SSSR count). The molecule has 0 saturated heterocycles. The third kappa shape index (κ3) is 42.3. The molecule has 0 bridgehead atoms. The highest BCUT2D eigenvalue weighted by atomic mass is 16.5. The molecule has 0 aromatic rings. The Labute approximate surface area is 366 Å². The van der Waals surface area contributed by atoms with Crippen molar-refractivity contribution in [1.82, 2.24) is 5.32 Å². The Morgan fingerprint density at radius 1 is 0.492 bits per heavy atom. The van der Waals surface area contributed by atoms with E-state index in [-0.39, 0.29) is 24.9 Å². The van der Waals surface area contributed by atoms with Crippen LogP contribution >= 0.6 is 0 Å². The van der Waals surface area contributed by atoms with Gasteiger partial charge in [0.2, 0.25) is 5.91 Å². The predicted molar refractivity (Wildman–Crippen MR) is 255 cm³/mol. The lowest BCUT2D eigenvalue weighted by molar-refractivity contribution is -0.151. The van der Waals surface area contributed by atoms with Crippen molar-refractivity contribution in [2.75, 3.05) is 6.61 Å². The smallest absolute Gasteiger partial charge is 0.306 e. The van der Waals surface area contributed by atoms with Crippen LogP contribution in [0.15, 0.2) is 48.6 Å². The summed E-state index contributed by atoms with van der Waals surface area (Å²) in [4.78, 5) is 26.1. The maximum atomic E-state index is 13.2. The first-order valence-corrected chi connectivity index (χ1v) is 25.4. The van der Waals surface area contributed by atoms with E-state index < -0.39 is 18.2 Å².